The molecule has 2 heteroatoms. The molecule has 2 rings (SSSR count). The van der Waals surface area contributed by atoms with Crippen molar-refractivity contribution in [2.45, 2.75) is 25.2 Å². The Kier molecular flexibility index (Phi) is 3.39. The summed E-state index contributed by atoms with van der Waals surface area (Å²) in [6.07, 6.45) is 3.63. The van der Waals surface area contributed by atoms with E-state index in [4.69, 9.17) is 0 Å². The molecule has 16 heavy (non-hydrogen) atoms. The predicted octanol–water partition coefficient (Wildman–Crippen LogP) is 2.24. The minimum atomic E-state index is -0.356. The molecule has 0 radical (unpaired) electrons. The Bertz CT molecular complexity index is 343. The molecule has 1 heterocycles. The summed E-state index contributed by atoms with van der Waals surface area (Å²) in [4.78, 5) is 13.8. The van der Waals surface area contributed by atoms with E-state index >= 15 is 0 Å². The van der Waals surface area contributed by atoms with Crippen LogP contribution in [0.25, 0.3) is 0 Å². The molecule has 0 amide bonds. The zero-order valence-electron chi connectivity index (χ0n) is 9.86. The van der Waals surface area contributed by atoms with E-state index in [2.05, 4.69) is 4.90 Å². The molecule has 1 aliphatic rings. The predicted molar refractivity (Wildman–Crippen MR) is 65.5 cm³/mol. The van der Waals surface area contributed by atoms with Crippen LogP contribution in [0.15, 0.2) is 30.3 Å². The quantitative estimate of drug-likeness (QED) is 0.721. The normalized spacial score (nSPS) is 20.6. The first-order valence-corrected chi connectivity index (χ1v) is 5.99. The summed E-state index contributed by atoms with van der Waals surface area (Å²) in [5, 5.41) is 0. The molecule has 1 saturated heterocycles. The highest BCUT2D eigenvalue weighted by atomic mass is 16.1. The standard InChI is InChI=1S/C14H19NO/c1-14(12-16,11-15-9-5-6-10-15)13-7-3-2-4-8-13/h2-4,7-8,12H,5-6,9-11H2,1H3. The summed E-state index contributed by atoms with van der Waals surface area (Å²) in [7, 11) is 0. The SMILES string of the molecule is CC(C=O)(CN1CCCC1)c1ccccc1. The van der Waals surface area contributed by atoms with Crippen LogP contribution in [0.5, 0.6) is 0 Å². The van der Waals surface area contributed by atoms with Gasteiger partial charge in [0.1, 0.15) is 6.29 Å². The minimum Gasteiger partial charge on any atom is -0.302 e. The molecule has 0 N–H and O–H groups in total. The lowest BCUT2D eigenvalue weighted by atomic mass is 9.83. The third-order valence-corrected chi connectivity index (χ3v) is 3.44. The zero-order chi connectivity index (χ0) is 11.4. The average molecular weight is 217 g/mol. The van der Waals surface area contributed by atoms with Crippen LogP contribution in [0.2, 0.25) is 0 Å². The largest absolute Gasteiger partial charge is 0.302 e. The zero-order valence-corrected chi connectivity index (χ0v) is 9.86. The molecule has 0 spiro atoms. The van der Waals surface area contributed by atoms with E-state index < -0.39 is 0 Å². The summed E-state index contributed by atoms with van der Waals surface area (Å²) in [6, 6.07) is 10.1. The van der Waals surface area contributed by atoms with Gasteiger partial charge in [-0.25, -0.2) is 0 Å². The van der Waals surface area contributed by atoms with Crippen molar-refractivity contribution in [2.75, 3.05) is 19.6 Å². The maximum absolute atomic E-state index is 11.4. The third kappa shape index (κ3) is 2.33. The fourth-order valence-electron chi connectivity index (χ4n) is 2.42. The summed E-state index contributed by atoms with van der Waals surface area (Å²) in [5.41, 5.74) is 0.767. The highest BCUT2D eigenvalue weighted by molar-refractivity contribution is 5.68. The minimum absolute atomic E-state index is 0.356. The van der Waals surface area contributed by atoms with Gasteiger partial charge in [-0.3, -0.25) is 0 Å². The van der Waals surface area contributed by atoms with Gasteiger partial charge < -0.3 is 9.69 Å². The molecule has 1 unspecified atom stereocenters. The smallest absolute Gasteiger partial charge is 0.131 e. The van der Waals surface area contributed by atoms with Crippen LogP contribution >= 0.6 is 0 Å². The molecular formula is C14H19NO. The number of hydrogen-bond donors (Lipinski definition) is 0. The fraction of sp³-hybridized carbons (Fsp3) is 0.500. The second-order valence-electron chi connectivity index (χ2n) is 4.88. The first-order valence-electron chi connectivity index (χ1n) is 5.99. The van der Waals surface area contributed by atoms with Crippen molar-refractivity contribution in [3.05, 3.63) is 35.9 Å². The molecule has 1 aliphatic heterocycles. The van der Waals surface area contributed by atoms with Crippen LogP contribution in [0.1, 0.15) is 25.3 Å². The number of carbonyl (C=O) groups is 1. The van der Waals surface area contributed by atoms with Crippen molar-refractivity contribution in [3.63, 3.8) is 0 Å². The van der Waals surface area contributed by atoms with E-state index in [0.29, 0.717) is 0 Å². The molecular weight excluding hydrogens is 198 g/mol. The number of carbonyl (C=O) groups excluding carboxylic acids is 1. The van der Waals surface area contributed by atoms with Gasteiger partial charge in [0.05, 0.1) is 5.41 Å². The molecule has 0 aliphatic carbocycles. The molecule has 0 saturated carbocycles. The fourth-order valence-corrected chi connectivity index (χ4v) is 2.42. The van der Waals surface area contributed by atoms with Crippen LogP contribution < -0.4 is 0 Å². The van der Waals surface area contributed by atoms with E-state index in [1.807, 2.05) is 37.3 Å². The summed E-state index contributed by atoms with van der Waals surface area (Å²) in [6.45, 7) is 5.15. The van der Waals surface area contributed by atoms with Crippen LogP contribution in [0.4, 0.5) is 0 Å². The third-order valence-electron chi connectivity index (χ3n) is 3.44. The van der Waals surface area contributed by atoms with Gasteiger partial charge in [0.2, 0.25) is 0 Å². The van der Waals surface area contributed by atoms with Gasteiger partial charge in [0.15, 0.2) is 0 Å². The lowest BCUT2D eigenvalue weighted by molar-refractivity contribution is -0.112. The summed E-state index contributed by atoms with van der Waals surface area (Å²) >= 11 is 0. The van der Waals surface area contributed by atoms with Crippen molar-refractivity contribution in [1.82, 2.24) is 4.90 Å². The van der Waals surface area contributed by atoms with Gasteiger partial charge in [-0.2, -0.15) is 0 Å². The molecule has 1 fully saturated rings. The van der Waals surface area contributed by atoms with Gasteiger partial charge in [-0.15, -0.1) is 0 Å². The maximum Gasteiger partial charge on any atom is 0.131 e. The van der Waals surface area contributed by atoms with E-state index in [1.54, 1.807) is 0 Å². The Balaban J connectivity index is 2.15. The van der Waals surface area contributed by atoms with Gasteiger partial charge in [0.25, 0.3) is 0 Å². The first kappa shape index (κ1) is 11.3. The van der Waals surface area contributed by atoms with Gasteiger partial charge in [0, 0.05) is 6.54 Å². The Morgan fingerprint density at radius 2 is 1.88 bits per heavy atom. The van der Waals surface area contributed by atoms with Crippen LogP contribution in [-0.2, 0) is 10.2 Å². The number of nitrogens with zero attached hydrogens (tertiary/aromatic N) is 1. The molecule has 0 bridgehead atoms. The molecule has 1 atom stereocenters. The van der Waals surface area contributed by atoms with Gasteiger partial charge in [-0.05, 0) is 38.4 Å². The number of aldehydes is 1. The number of likely N-dealkylation sites (tertiary alicyclic amines) is 1. The summed E-state index contributed by atoms with van der Waals surface area (Å²) in [5.74, 6) is 0. The highest BCUT2D eigenvalue weighted by Crippen LogP contribution is 2.24. The highest BCUT2D eigenvalue weighted by Gasteiger charge is 2.29. The second kappa shape index (κ2) is 4.79. The average Bonchev–Trinajstić information content (AvgIpc) is 2.83. The molecule has 0 aromatic heterocycles. The number of rotatable bonds is 4. The van der Waals surface area contributed by atoms with E-state index in [1.165, 1.54) is 12.8 Å². The molecule has 86 valence electrons. The van der Waals surface area contributed by atoms with Crippen molar-refractivity contribution in [2.24, 2.45) is 0 Å². The van der Waals surface area contributed by atoms with Gasteiger partial charge in [-0.1, -0.05) is 30.3 Å². The monoisotopic (exact) mass is 217 g/mol. The van der Waals surface area contributed by atoms with E-state index in [0.717, 1.165) is 31.5 Å². The van der Waals surface area contributed by atoms with Crippen molar-refractivity contribution in [3.8, 4) is 0 Å². The maximum atomic E-state index is 11.4. The number of hydrogen-bond acceptors (Lipinski definition) is 2. The van der Waals surface area contributed by atoms with Crippen molar-refractivity contribution in [1.29, 1.82) is 0 Å². The Morgan fingerprint density at radius 1 is 1.25 bits per heavy atom. The molecule has 2 nitrogen and oxygen atoms in total. The summed E-state index contributed by atoms with van der Waals surface area (Å²) < 4.78 is 0. The Hall–Kier alpha value is -1.15. The lowest BCUT2D eigenvalue weighted by Gasteiger charge is -2.29. The Labute approximate surface area is 97.3 Å². The topological polar surface area (TPSA) is 20.3 Å². The van der Waals surface area contributed by atoms with Crippen LogP contribution in [-0.4, -0.2) is 30.8 Å². The lowest BCUT2D eigenvalue weighted by Crippen LogP contribution is -2.38. The van der Waals surface area contributed by atoms with Crippen molar-refractivity contribution < 1.29 is 4.79 Å². The van der Waals surface area contributed by atoms with Crippen LogP contribution in [0.3, 0.4) is 0 Å². The number of benzene rings is 1. The van der Waals surface area contributed by atoms with Gasteiger partial charge >= 0.3 is 0 Å². The second-order valence-corrected chi connectivity index (χ2v) is 4.88. The Morgan fingerprint density at radius 3 is 2.44 bits per heavy atom. The molecule has 1 aromatic rings. The molecule has 1 aromatic carbocycles. The first-order chi connectivity index (χ1) is 7.74. The van der Waals surface area contributed by atoms with E-state index in [9.17, 15) is 4.79 Å². The van der Waals surface area contributed by atoms with E-state index in [-0.39, 0.29) is 5.41 Å². The van der Waals surface area contributed by atoms with Crippen molar-refractivity contribution >= 4 is 6.29 Å². The van der Waals surface area contributed by atoms with Crippen LogP contribution in [0, 0.1) is 0 Å².